The Kier molecular flexibility index (Phi) is 6.66. The van der Waals surface area contributed by atoms with Gasteiger partial charge < -0.3 is 4.74 Å². The second-order valence-electron chi connectivity index (χ2n) is 7.30. The Bertz CT molecular complexity index is 901. The van der Waals surface area contributed by atoms with Crippen molar-refractivity contribution >= 4 is 11.9 Å². The van der Waals surface area contributed by atoms with E-state index >= 15 is 0 Å². The fourth-order valence-corrected chi connectivity index (χ4v) is 3.70. The second kappa shape index (κ2) is 9.37. The third-order valence-electron chi connectivity index (χ3n) is 5.29. The van der Waals surface area contributed by atoms with E-state index in [2.05, 4.69) is 25.0 Å². The summed E-state index contributed by atoms with van der Waals surface area (Å²) < 4.78 is 4.70. The van der Waals surface area contributed by atoms with Crippen LogP contribution >= 0.6 is 0 Å². The monoisotopic (exact) mass is 374 g/mol. The summed E-state index contributed by atoms with van der Waals surface area (Å²) in [6.45, 7) is 2.24. The van der Waals surface area contributed by atoms with Gasteiger partial charge in [0.1, 0.15) is 0 Å². The topological polar surface area (TPSA) is 43.4 Å². The Morgan fingerprint density at radius 3 is 2.14 bits per heavy atom. The number of esters is 2. The first-order valence-corrected chi connectivity index (χ1v) is 10.1. The molecule has 28 heavy (non-hydrogen) atoms. The number of unbranched alkanes of at least 4 members (excludes halogenated alkanes) is 6. The Balaban J connectivity index is 1.66. The molecule has 0 fully saturated rings. The summed E-state index contributed by atoms with van der Waals surface area (Å²) in [6, 6.07) is 11.7. The highest BCUT2D eigenvalue weighted by molar-refractivity contribution is 6.16. The van der Waals surface area contributed by atoms with Gasteiger partial charge >= 0.3 is 11.9 Å². The molecule has 0 radical (unpaired) electrons. The van der Waals surface area contributed by atoms with E-state index in [0.29, 0.717) is 5.56 Å². The van der Waals surface area contributed by atoms with Crippen molar-refractivity contribution in [2.75, 3.05) is 0 Å². The molecule has 0 N–H and O–H groups in total. The van der Waals surface area contributed by atoms with Crippen molar-refractivity contribution < 1.29 is 14.3 Å². The van der Waals surface area contributed by atoms with E-state index in [0.717, 1.165) is 17.5 Å². The maximum absolute atomic E-state index is 12.0. The van der Waals surface area contributed by atoms with Crippen molar-refractivity contribution in [1.82, 2.24) is 0 Å². The van der Waals surface area contributed by atoms with E-state index in [-0.39, 0.29) is 11.1 Å². The third-order valence-corrected chi connectivity index (χ3v) is 5.29. The molecule has 3 rings (SSSR count). The molecule has 1 aliphatic heterocycles. The zero-order valence-corrected chi connectivity index (χ0v) is 16.4. The lowest BCUT2D eigenvalue weighted by molar-refractivity contribution is 0.0443. The lowest BCUT2D eigenvalue weighted by Crippen LogP contribution is -2.00. The van der Waals surface area contributed by atoms with Gasteiger partial charge in [-0.25, -0.2) is 9.59 Å². The first-order valence-electron chi connectivity index (χ1n) is 10.1. The smallest absolute Gasteiger partial charge is 0.348 e. The Morgan fingerprint density at radius 1 is 0.821 bits per heavy atom. The molecule has 2 aromatic carbocycles. The maximum Gasteiger partial charge on any atom is 0.348 e. The average molecular weight is 374 g/mol. The van der Waals surface area contributed by atoms with Gasteiger partial charge in [-0.1, -0.05) is 81.7 Å². The number of carbonyl (C=O) groups is 2. The van der Waals surface area contributed by atoms with Crippen LogP contribution in [0, 0.1) is 12.3 Å². The number of hydrogen-bond donors (Lipinski definition) is 0. The minimum Gasteiger partial charge on any atom is -0.386 e. The highest BCUT2D eigenvalue weighted by Crippen LogP contribution is 2.32. The molecule has 1 aliphatic rings. The summed E-state index contributed by atoms with van der Waals surface area (Å²) in [5.41, 5.74) is 3.89. The molecule has 0 bridgehead atoms. The zero-order chi connectivity index (χ0) is 19.9. The van der Waals surface area contributed by atoms with Crippen LogP contribution < -0.4 is 0 Å². The molecule has 0 unspecified atom stereocenters. The van der Waals surface area contributed by atoms with Crippen molar-refractivity contribution in [2.45, 2.75) is 58.3 Å². The SMILES string of the molecule is C#Cc1c(-c2ccc(CCCCCCCCC)cc2)ccc2c1C(=O)OC2=O. The number of rotatable bonds is 9. The molecular formula is C25H26O3. The predicted octanol–water partition coefficient (Wildman–Crippen LogP) is 5.94. The van der Waals surface area contributed by atoms with Crippen LogP contribution in [-0.4, -0.2) is 11.9 Å². The summed E-state index contributed by atoms with van der Waals surface area (Å²) in [7, 11) is 0. The Labute approximate surface area is 167 Å². The second-order valence-corrected chi connectivity index (χ2v) is 7.30. The fourth-order valence-electron chi connectivity index (χ4n) is 3.70. The summed E-state index contributed by atoms with van der Waals surface area (Å²) >= 11 is 0. The van der Waals surface area contributed by atoms with Crippen molar-refractivity contribution in [3.63, 3.8) is 0 Å². The molecule has 0 aliphatic carbocycles. The molecule has 144 valence electrons. The number of carbonyl (C=O) groups excluding carboxylic acids is 2. The van der Waals surface area contributed by atoms with Crippen LogP contribution in [0.4, 0.5) is 0 Å². The maximum atomic E-state index is 12.0. The Hall–Kier alpha value is -2.86. The average Bonchev–Trinajstić information content (AvgIpc) is 3.01. The van der Waals surface area contributed by atoms with E-state index in [9.17, 15) is 9.59 Å². The van der Waals surface area contributed by atoms with Crippen LogP contribution in [0.5, 0.6) is 0 Å². The number of benzene rings is 2. The van der Waals surface area contributed by atoms with Gasteiger partial charge in [0.2, 0.25) is 0 Å². The molecule has 0 aromatic heterocycles. The van der Waals surface area contributed by atoms with E-state index in [1.165, 1.54) is 50.5 Å². The molecule has 0 spiro atoms. The molecule has 1 heterocycles. The molecular weight excluding hydrogens is 348 g/mol. The highest BCUT2D eigenvalue weighted by atomic mass is 16.6. The van der Waals surface area contributed by atoms with Crippen LogP contribution in [0.2, 0.25) is 0 Å². The molecule has 0 saturated carbocycles. The summed E-state index contributed by atoms with van der Waals surface area (Å²) in [6.07, 6.45) is 15.8. The standard InChI is InChI=1S/C25H26O3/c1-3-5-6-7-8-9-10-11-18-12-14-19(15-13-18)21-16-17-22-23(20(21)4-2)25(27)28-24(22)26/h2,12-17H,3,5-11H2,1H3. The molecule has 0 saturated heterocycles. The van der Waals surface area contributed by atoms with E-state index < -0.39 is 11.9 Å². The van der Waals surface area contributed by atoms with Gasteiger partial charge in [-0.15, -0.1) is 6.42 Å². The number of hydrogen-bond acceptors (Lipinski definition) is 3. The first kappa shape index (κ1) is 19.9. The number of terminal acetylenes is 1. The lowest BCUT2D eigenvalue weighted by Gasteiger charge is -2.09. The normalized spacial score (nSPS) is 12.6. The first-order chi connectivity index (χ1) is 13.7. The van der Waals surface area contributed by atoms with Gasteiger partial charge in [0, 0.05) is 5.56 Å². The largest absolute Gasteiger partial charge is 0.386 e. The van der Waals surface area contributed by atoms with E-state index in [1.807, 2.05) is 12.1 Å². The van der Waals surface area contributed by atoms with Gasteiger partial charge in [0.25, 0.3) is 0 Å². The fraction of sp³-hybridized carbons (Fsp3) is 0.360. The third kappa shape index (κ3) is 4.34. The summed E-state index contributed by atoms with van der Waals surface area (Å²) in [5, 5.41) is 0. The number of cyclic esters (lactones) is 2. The molecule has 3 heteroatoms. The van der Waals surface area contributed by atoms with Crippen molar-refractivity contribution in [1.29, 1.82) is 0 Å². The van der Waals surface area contributed by atoms with Crippen LogP contribution in [0.1, 0.15) is 83.7 Å². The molecule has 2 aromatic rings. The highest BCUT2D eigenvalue weighted by Gasteiger charge is 2.33. The van der Waals surface area contributed by atoms with E-state index in [4.69, 9.17) is 11.2 Å². The summed E-state index contributed by atoms with van der Waals surface area (Å²) in [4.78, 5) is 23.7. The predicted molar refractivity (Wildman–Crippen MR) is 111 cm³/mol. The van der Waals surface area contributed by atoms with Crippen LogP contribution in [0.15, 0.2) is 36.4 Å². The van der Waals surface area contributed by atoms with Gasteiger partial charge in [0.05, 0.1) is 11.1 Å². The number of aryl methyl sites for hydroxylation is 1. The van der Waals surface area contributed by atoms with Crippen LogP contribution in [0.25, 0.3) is 11.1 Å². The van der Waals surface area contributed by atoms with Crippen molar-refractivity contribution in [3.8, 4) is 23.5 Å². The van der Waals surface area contributed by atoms with Crippen LogP contribution in [0.3, 0.4) is 0 Å². The van der Waals surface area contributed by atoms with Gasteiger partial charge in [-0.05, 0) is 35.6 Å². The van der Waals surface area contributed by atoms with Crippen LogP contribution in [-0.2, 0) is 11.2 Å². The van der Waals surface area contributed by atoms with Crippen molar-refractivity contribution in [3.05, 3.63) is 58.7 Å². The molecule has 0 amide bonds. The zero-order valence-electron chi connectivity index (χ0n) is 16.4. The lowest BCUT2D eigenvalue weighted by atomic mass is 9.92. The quantitative estimate of drug-likeness (QED) is 0.236. The van der Waals surface area contributed by atoms with Gasteiger partial charge in [-0.3, -0.25) is 0 Å². The number of fused-ring (bicyclic) bond motifs is 1. The molecule has 0 atom stereocenters. The summed E-state index contributed by atoms with van der Waals surface area (Å²) in [5.74, 6) is 1.28. The number of ether oxygens (including phenoxy) is 1. The van der Waals surface area contributed by atoms with E-state index in [1.54, 1.807) is 12.1 Å². The minimum atomic E-state index is -0.662. The van der Waals surface area contributed by atoms with Crippen molar-refractivity contribution in [2.24, 2.45) is 0 Å². The van der Waals surface area contributed by atoms with Gasteiger partial charge in [0.15, 0.2) is 0 Å². The minimum absolute atomic E-state index is 0.206. The van der Waals surface area contributed by atoms with Gasteiger partial charge in [-0.2, -0.15) is 0 Å². The molecule has 3 nitrogen and oxygen atoms in total. The Morgan fingerprint density at radius 2 is 1.46 bits per heavy atom.